The molecule has 6 nitrogen and oxygen atoms in total. The van der Waals surface area contributed by atoms with Gasteiger partial charge in [0.15, 0.2) is 0 Å². The van der Waals surface area contributed by atoms with Crippen LogP contribution in [-0.2, 0) is 11.3 Å². The van der Waals surface area contributed by atoms with Crippen molar-refractivity contribution in [2.45, 2.75) is 19.4 Å². The Morgan fingerprint density at radius 1 is 1.30 bits per heavy atom. The van der Waals surface area contributed by atoms with Gasteiger partial charge in [-0.1, -0.05) is 30.4 Å². The van der Waals surface area contributed by atoms with E-state index < -0.39 is 13.0 Å². The number of nitrogens with zero attached hydrogens (tertiary/aromatic N) is 2. The first-order valence-corrected chi connectivity index (χ1v) is 9.79. The van der Waals surface area contributed by atoms with E-state index in [-0.39, 0.29) is 18.2 Å². The normalized spacial score (nSPS) is 14.1. The average molecular weight is 432 g/mol. The van der Waals surface area contributed by atoms with Gasteiger partial charge < -0.3 is 20.3 Å². The molecule has 2 N–H and O–H groups in total. The van der Waals surface area contributed by atoms with Crippen molar-refractivity contribution in [3.05, 3.63) is 65.6 Å². The minimum Gasteiger partial charge on any atom is -0.486 e. The molecule has 0 radical (unpaired) electrons. The first-order chi connectivity index (χ1) is 14.5. The first kappa shape index (κ1) is 21.6. The number of aromatic nitrogens is 1. The maximum Gasteiger partial charge on any atom is 0.272 e. The largest absolute Gasteiger partial charge is 0.486 e. The number of carbonyl (C=O) groups is 1. The van der Waals surface area contributed by atoms with Crippen LogP contribution in [0.25, 0.3) is 0 Å². The number of anilines is 1. The van der Waals surface area contributed by atoms with Gasteiger partial charge in [-0.3, -0.25) is 9.78 Å². The Balaban J connectivity index is 1.79. The Hall–Kier alpha value is -3.07. The van der Waals surface area contributed by atoms with Gasteiger partial charge in [0, 0.05) is 49.7 Å². The Labute approximate surface area is 178 Å². The Morgan fingerprint density at radius 3 is 2.80 bits per heavy atom. The maximum atomic E-state index is 12.8. The molecule has 158 valence electrons. The molecule has 1 amide bonds. The van der Waals surface area contributed by atoms with Gasteiger partial charge in [-0.25, -0.2) is 8.78 Å². The first-order valence-electron chi connectivity index (χ1n) is 9.38. The molecule has 0 bridgehead atoms. The van der Waals surface area contributed by atoms with Crippen LogP contribution < -0.4 is 15.4 Å². The number of benzene rings is 1. The zero-order chi connectivity index (χ0) is 21.5. The number of alkyl halides is 2. The fourth-order valence-electron chi connectivity index (χ4n) is 2.99. The molecule has 0 aliphatic carbocycles. The number of likely N-dealkylation sites (N-methyl/N-ethyl adjacent to an activating group) is 1. The predicted octanol–water partition coefficient (Wildman–Crippen LogP) is 3.37. The van der Waals surface area contributed by atoms with Crippen LogP contribution in [0.1, 0.15) is 12.0 Å². The molecule has 1 aromatic heterocycles. The predicted molar refractivity (Wildman–Crippen MR) is 115 cm³/mol. The minimum atomic E-state index is -2.58. The van der Waals surface area contributed by atoms with Crippen molar-refractivity contribution in [1.82, 2.24) is 15.2 Å². The number of rotatable bonds is 8. The van der Waals surface area contributed by atoms with Crippen LogP contribution in [0.4, 0.5) is 14.5 Å². The standard InChI is InChI=1S/C21H22F2N4O2S/c1-27-10-8-16(19(21(27)28)20(30)26-15-5-3-2-4-6-15)25-11-14-7-9-24-12-17(14)29-13-18(22)23/h2-7,9,12,18,25H,8,10-11,13H2,1H3,(H,26,30). The molecule has 1 aromatic carbocycles. The SMILES string of the molecule is CN1CCC(NCc2ccncc2OCC(F)F)=C(C(=S)Nc2ccccc2)C1=O. The summed E-state index contributed by atoms with van der Waals surface area (Å²) in [6, 6.07) is 11.0. The van der Waals surface area contributed by atoms with E-state index in [0.29, 0.717) is 34.8 Å². The van der Waals surface area contributed by atoms with E-state index in [0.717, 1.165) is 5.69 Å². The van der Waals surface area contributed by atoms with Gasteiger partial charge in [0.05, 0.1) is 11.8 Å². The molecule has 1 aliphatic rings. The van der Waals surface area contributed by atoms with Gasteiger partial charge in [0.1, 0.15) is 17.3 Å². The van der Waals surface area contributed by atoms with Gasteiger partial charge in [-0.05, 0) is 18.2 Å². The van der Waals surface area contributed by atoms with E-state index in [1.807, 2.05) is 30.3 Å². The molecule has 9 heteroatoms. The number of para-hydroxylation sites is 1. The summed E-state index contributed by atoms with van der Waals surface area (Å²) in [5.41, 5.74) is 2.54. The van der Waals surface area contributed by atoms with Crippen molar-refractivity contribution in [3.8, 4) is 5.75 Å². The molecule has 30 heavy (non-hydrogen) atoms. The van der Waals surface area contributed by atoms with Gasteiger partial charge in [0.2, 0.25) is 0 Å². The Bertz CT molecular complexity index is 938. The lowest BCUT2D eigenvalue weighted by molar-refractivity contribution is -0.126. The fraction of sp³-hybridized carbons (Fsp3) is 0.286. The monoisotopic (exact) mass is 432 g/mol. The number of carbonyl (C=O) groups excluding carboxylic acids is 1. The van der Waals surface area contributed by atoms with Crippen molar-refractivity contribution >= 4 is 28.8 Å². The van der Waals surface area contributed by atoms with Crippen LogP contribution in [0.2, 0.25) is 0 Å². The fourth-order valence-corrected chi connectivity index (χ4v) is 3.32. The summed E-state index contributed by atoms with van der Waals surface area (Å²) < 4.78 is 30.1. The second kappa shape index (κ2) is 10.1. The van der Waals surface area contributed by atoms with Crippen molar-refractivity contribution < 1.29 is 18.3 Å². The van der Waals surface area contributed by atoms with Gasteiger partial charge in [0.25, 0.3) is 12.3 Å². The van der Waals surface area contributed by atoms with Crippen LogP contribution in [0.5, 0.6) is 5.75 Å². The molecule has 0 saturated heterocycles. The highest BCUT2D eigenvalue weighted by molar-refractivity contribution is 7.81. The molecule has 0 unspecified atom stereocenters. The summed E-state index contributed by atoms with van der Waals surface area (Å²) in [6.45, 7) is 0.121. The molecule has 2 aromatic rings. The van der Waals surface area contributed by atoms with Crippen molar-refractivity contribution in [2.75, 3.05) is 25.5 Å². The minimum absolute atomic E-state index is 0.180. The molecule has 3 rings (SSSR count). The molecule has 2 heterocycles. The summed E-state index contributed by atoms with van der Waals surface area (Å²) in [5, 5.41) is 6.35. The number of hydrogen-bond acceptors (Lipinski definition) is 5. The smallest absolute Gasteiger partial charge is 0.272 e. The Morgan fingerprint density at radius 2 is 2.07 bits per heavy atom. The Kier molecular flexibility index (Phi) is 7.29. The van der Waals surface area contributed by atoms with Crippen molar-refractivity contribution in [1.29, 1.82) is 0 Å². The topological polar surface area (TPSA) is 66.5 Å². The molecule has 0 atom stereocenters. The molecule has 1 aliphatic heterocycles. The molecule has 0 fully saturated rings. The number of pyridine rings is 1. The summed E-state index contributed by atoms with van der Waals surface area (Å²) in [7, 11) is 1.73. The molecular weight excluding hydrogens is 410 g/mol. The highest BCUT2D eigenvalue weighted by Crippen LogP contribution is 2.22. The highest BCUT2D eigenvalue weighted by Gasteiger charge is 2.28. The zero-order valence-corrected chi connectivity index (χ0v) is 17.2. The van der Waals surface area contributed by atoms with E-state index in [1.165, 1.54) is 6.20 Å². The summed E-state index contributed by atoms with van der Waals surface area (Å²) in [6.07, 6.45) is 0.971. The van der Waals surface area contributed by atoms with Crippen LogP contribution in [0.3, 0.4) is 0 Å². The third kappa shape index (κ3) is 5.50. The zero-order valence-electron chi connectivity index (χ0n) is 16.4. The van der Waals surface area contributed by atoms with Gasteiger partial charge in [-0.15, -0.1) is 0 Å². The van der Waals surface area contributed by atoms with Crippen LogP contribution >= 0.6 is 12.2 Å². The quantitative estimate of drug-likeness (QED) is 0.624. The molecule has 0 saturated carbocycles. The molecule has 0 spiro atoms. The second-order valence-electron chi connectivity index (χ2n) is 6.69. The van der Waals surface area contributed by atoms with Gasteiger partial charge >= 0.3 is 0 Å². The van der Waals surface area contributed by atoms with Crippen molar-refractivity contribution in [2.24, 2.45) is 0 Å². The van der Waals surface area contributed by atoms with Crippen LogP contribution in [-0.4, -0.2) is 47.4 Å². The highest BCUT2D eigenvalue weighted by atomic mass is 32.1. The number of thiocarbonyl (C=S) groups is 1. The number of amides is 1. The number of halogens is 2. The lowest BCUT2D eigenvalue weighted by Crippen LogP contribution is -2.40. The third-order valence-electron chi connectivity index (χ3n) is 4.55. The van der Waals surface area contributed by atoms with Gasteiger partial charge in [-0.2, -0.15) is 0 Å². The van der Waals surface area contributed by atoms with E-state index in [2.05, 4.69) is 15.6 Å². The van der Waals surface area contributed by atoms with E-state index >= 15 is 0 Å². The lowest BCUT2D eigenvalue weighted by Gasteiger charge is -2.29. The third-order valence-corrected chi connectivity index (χ3v) is 4.85. The number of hydrogen-bond donors (Lipinski definition) is 2. The summed E-state index contributed by atoms with van der Waals surface area (Å²) >= 11 is 5.52. The average Bonchev–Trinajstić information content (AvgIpc) is 2.74. The molecular formula is C21H22F2N4O2S. The number of nitrogens with one attached hydrogen (secondary N) is 2. The van der Waals surface area contributed by atoms with E-state index in [4.69, 9.17) is 17.0 Å². The van der Waals surface area contributed by atoms with Crippen LogP contribution in [0.15, 0.2) is 60.1 Å². The van der Waals surface area contributed by atoms with Crippen LogP contribution in [0, 0.1) is 0 Å². The van der Waals surface area contributed by atoms with E-state index in [9.17, 15) is 13.6 Å². The maximum absolute atomic E-state index is 12.8. The van der Waals surface area contributed by atoms with E-state index in [1.54, 1.807) is 24.2 Å². The number of ether oxygens (including phenoxy) is 1. The second-order valence-corrected chi connectivity index (χ2v) is 7.10. The summed E-state index contributed by atoms with van der Waals surface area (Å²) in [5.74, 6) is 0.0952. The lowest BCUT2D eigenvalue weighted by atomic mass is 10.0. The van der Waals surface area contributed by atoms with Crippen molar-refractivity contribution in [3.63, 3.8) is 0 Å². The summed E-state index contributed by atoms with van der Waals surface area (Å²) in [4.78, 5) is 18.7.